The average molecular weight is 205 g/mol. The van der Waals surface area contributed by atoms with E-state index in [9.17, 15) is 4.79 Å². The zero-order chi connectivity index (χ0) is 11.6. The van der Waals surface area contributed by atoms with Crippen molar-refractivity contribution in [3.05, 3.63) is 35.7 Å². The van der Waals surface area contributed by atoms with Gasteiger partial charge in [0.05, 0.1) is 0 Å². The Morgan fingerprint density at radius 2 is 2.00 bits per heavy atom. The van der Waals surface area contributed by atoms with Crippen LogP contribution in [-0.2, 0) is 4.79 Å². The fourth-order valence-electron chi connectivity index (χ4n) is 1.47. The van der Waals surface area contributed by atoms with E-state index in [1.807, 2.05) is 31.5 Å². The monoisotopic (exact) mass is 205 g/mol. The second-order valence-electron chi connectivity index (χ2n) is 4.74. The van der Waals surface area contributed by atoms with Crippen molar-refractivity contribution in [3.63, 3.8) is 0 Å². The molecule has 0 spiro atoms. The van der Waals surface area contributed by atoms with Crippen LogP contribution < -0.4 is 0 Å². The number of rotatable bonds is 1. The molecule has 0 atom stereocenters. The van der Waals surface area contributed by atoms with Crippen molar-refractivity contribution < 1.29 is 4.79 Å². The molecular formula is C13H19NO. The molecule has 0 aromatic rings. The van der Waals surface area contributed by atoms with Gasteiger partial charge in [-0.25, -0.2) is 0 Å². The molecule has 0 radical (unpaired) electrons. The van der Waals surface area contributed by atoms with Crippen molar-refractivity contribution in [1.82, 2.24) is 4.90 Å². The molecule has 1 aliphatic rings. The van der Waals surface area contributed by atoms with E-state index >= 15 is 0 Å². The molecule has 0 bridgehead atoms. The highest BCUT2D eigenvalue weighted by atomic mass is 16.1. The summed E-state index contributed by atoms with van der Waals surface area (Å²) in [5.74, 6) is 0.113. The van der Waals surface area contributed by atoms with Crippen LogP contribution in [0.1, 0.15) is 34.6 Å². The largest absolute Gasteiger partial charge is 0.348 e. The van der Waals surface area contributed by atoms with E-state index in [0.29, 0.717) is 0 Å². The number of carbonyl (C=O) groups excluding carboxylic acids is 1. The van der Waals surface area contributed by atoms with Crippen molar-refractivity contribution in [1.29, 1.82) is 0 Å². The van der Waals surface area contributed by atoms with Gasteiger partial charge in [0.2, 0.25) is 0 Å². The van der Waals surface area contributed by atoms with Gasteiger partial charge in [0.1, 0.15) is 0 Å². The highest BCUT2D eigenvalue weighted by Gasteiger charge is 2.21. The molecule has 2 heteroatoms. The van der Waals surface area contributed by atoms with Crippen molar-refractivity contribution in [2.75, 3.05) is 0 Å². The Bertz CT molecular complexity index is 353. The summed E-state index contributed by atoms with van der Waals surface area (Å²) in [4.78, 5) is 13.5. The number of Topliss-reactive ketones (excluding diaryl/α,β-unsaturated/α-hetero) is 1. The van der Waals surface area contributed by atoms with Crippen molar-refractivity contribution in [3.8, 4) is 0 Å². The molecule has 0 amide bonds. The third kappa shape index (κ3) is 2.58. The summed E-state index contributed by atoms with van der Waals surface area (Å²) in [5, 5.41) is 0. The lowest BCUT2D eigenvalue weighted by Crippen LogP contribution is -2.34. The predicted octanol–water partition coefficient (Wildman–Crippen LogP) is 3.03. The SMILES string of the molecule is C/C=C1/C=CN(C(C)(C)C)C=C1C(C)=O. The van der Waals surface area contributed by atoms with E-state index in [4.69, 9.17) is 0 Å². The number of ketones is 1. The van der Waals surface area contributed by atoms with Crippen LogP contribution in [0.2, 0.25) is 0 Å². The van der Waals surface area contributed by atoms with Gasteiger partial charge in [-0.3, -0.25) is 4.79 Å². The van der Waals surface area contributed by atoms with Crippen LogP contribution in [0.25, 0.3) is 0 Å². The minimum Gasteiger partial charge on any atom is -0.348 e. The maximum atomic E-state index is 11.5. The molecule has 0 N–H and O–H groups in total. The minimum absolute atomic E-state index is 0.0104. The normalized spacial score (nSPS) is 19.4. The highest BCUT2D eigenvalue weighted by molar-refractivity contribution is 5.98. The first-order valence-corrected chi connectivity index (χ1v) is 5.22. The molecule has 0 fully saturated rings. The smallest absolute Gasteiger partial charge is 0.161 e. The summed E-state index contributed by atoms with van der Waals surface area (Å²) in [6.07, 6.45) is 7.89. The molecule has 0 aromatic carbocycles. The molecule has 1 aliphatic heterocycles. The fraction of sp³-hybridized carbons (Fsp3) is 0.462. The molecule has 0 saturated heterocycles. The maximum Gasteiger partial charge on any atom is 0.161 e. The minimum atomic E-state index is 0.0104. The standard InChI is InChI=1S/C13H19NO/c1-6-11-7-8-14(13(3,4)5)9-12(11)10(2)15/h6-9H,1-5H3/b11-6-. The summed E-state index contributed by atoms with van der Waals surface area (Å²) in [5.41, 5.74) is 1.80. The first-order valence-electron chi connectivity index (χ1n) is 5.22. The van der Waals surface area contributed by atoms with Crippen molar-refractivity contribution in [2.45, 2.75) is 40.2 Å². The van der Waals surface area contributed by atoms with Crippen molar-refractivity contribution >= 4 is 5.78 Å². The van der Waals surface area contributed by atoms with Gasteiger partial charge in [0.15, 0.2) is 5.78 Å². The molecule has 2 nitrogen and oxygen atoms in total. The van der Waals surface area contributed by atoms with Gasteiger partial charge in [-0.15, -0.1) is 0 Å². The van der Waals surface area contributed by atoms with Gasteiger partial charge in [-0.2, -0.15) is 0 Å². The first-order chi connectivity index (χ1) is 6.86. The van der Waals surface area contributed by atoms with E-state index in [1.54, 1.807) is 6.92 Å². The topological polar surface area (TPSA) is 20.3 Å². The Kier molecular flexibility index (Phi) is 3.18. The van der Waals surface area contributed by atoms with Gasteiger partial charge in [0, 0.05) is 23.5 Å². The van der Waals surface area contributed by atoms with Crippen LogP contribution in [0.15, 0.2) is 35.7 Å². The zero-order valence-corrected chi connectivity index (χ0v) is 10.2. The Hall–Kier alpha value is -1.31. The molecule has 0 saturated carbocycles. The lowest BCUT2D eigenvalue weighted by molar-refractivity contribution is -0.113. The van der Waals surface area contributed by atoms with Gasteiger partial charge in [0.25, 0.3) is 0 Å². The highest BCUT2D eigenvalue weighted by Crippen LogP contribution is 2.24. The van der Waals surface area contributed by atoms with E-state index in [-0.39, 0.29) is 11.3 Å². The van der Waals surface area contributed by atoms with Crippen LogP contribution in [0, 0.1) is 0 Å². The van der Waals surface area contributed by atoms with E-state index in [1.165, 1.54) is 0 Å². The van der Waals surface area contributed by atoms with Crippen LogP contribution in [-0.4, -0.2) is 16.2 Å². The molecule has 82 valence electrons. The van der Waals surface area contributed by atoms with E-state index in [2.05, 4.69) is 25.7 Å². The quantitative estimate of drug-likeness (QED) is 0.655. The molecule has 0 aliphatic carbocycles. The molecule has 15 heavy (non-hydrogen) atoms. The Labute approximate surface area is 92.0 Å². The Morgan fingerprint density at radius 1 is 1.40 bits per heavy atom. The molecule has 1 heterocycles. The number of allylic oxidation sites excluding steroid dienone is 4. The van der Waals surface area contributed by atoms with Gasteiger partial charge < -0.3 is 4.90 Å². The summed E-state index contributed by atoms with van der Waals surface area (Å²) >= 11 is 0. The summed E-state index contributed by atoms with van der Waals surface area (Å²) in [6, 6.07) is 0. The third-order valence-corrected chi connectivity index (χ3v) is 2.46. The van der Waals surface area contributed by atoms with Crippen LogP contribution in [0.3, 0.4) is 0 Å². The van der Waals surface area contributed by atoms with Crippen LogP contribution in [0.5, 0.6) is 0 Å². The third-order valence-electron chi connectivity index (χ3n) is 2.46. The van der Waals surface area contributed by atoms with Gasteiger partial charge in [-0.05, 0) is 46.3 Å². The Morgan fingerprint density at radius 3 is 2.40 bits per heavy atom. The average Bonchev–Trinajstić information content (AvgIpc) is 2.15. The second kappa shape index (κ2) is 4.05. The lowest BCUT2D eigenvalue weighted by atomic mass is 9.98. The van der Waals surface area contributed by atoms with E-state index in [0.717, 1.165) is 11.1 Å². The molecule has 0 unspecified atom stereocenters. The number of nitrogens with zero attached hydrogens (tertiary/aromatic N) is 1. The summed E-state index contributed by atoms with van der Waals surface area (Å²) in [6.45, 7) is 9.91. The molecule has 0 aromatic heterocycles. The second-order valence-corrected chi connectivity index (χ2v) is 4.74. The van der Waals surface area contributed by atoms with Crippen molar-refractivity contribution in [2.24, 2.45) is 0 Å². The van der Waals surface area contributed by atoms with Gasteiger partial charge in [-0.1, -0.05) is 6.08 Å². The number of carbonyl (C=O) groups is 1. The fourth-order valence-corrected chi connectivity index (χ4v) is 1.47. The first kappa shape index (κ1) is 11.8. The lowest BCUT2D eigenvalue weighted by Gasteiger charge is -2.34. The zero-order valence-electron chi connectivity index (χ0n) is 10.2. The van der Waals surface area contributed by atoms with Gasteiger partial charge >= 0.3 is 0 Å². The van der Waals surface area contributed by atoms with Crippen LogP contribution >= 0.6 is 0 Å². The van der Waals surface area contributed by atoms with Crippen LogP contribution in [0.4, 0.5) is 0 Å². The molecular weight excluding hydrogens is 186 g/mol. The predicted molar refractivity (Wildman–Crippen MR) is 63.3 cm³/mol. The Balaban J connectivity index is 3.09. The maximum absolute atomic E-state index is 11.5. The summed E-state index contributed by atoms with van der Waals surface area (Å²) < 4.78 is 0. The summed E-state index contributed by atoms with van der Waals surface area (Å²) in [7, 11) is 0. The van der Waals surface area contributed by atoms with E-state index < -0.39 is 0 Å². The number of hydrogen-bond donors (Lipinski definition) is 0. The number of hydrogen-bond acceptors (Lipinski definition) is 2. The molecule has 1 rings (SSSR count).